The van der Waals surface area contributed by atoms with E-state index in [1.165, 1.54) is 27.2 Å². The van der Waals surface area contributed by atoms with Crippen LogP contribution in [-0.2, 0) is 0 Å². The lowest BCUT2D eigenvalue weighted by Gasteiger charge is -2.19. The summed E-state index contributed by atoms with van der Waals surface area (Å²) in [6.07, 6.45) is 0. The van der Waals surface area contributed by atoms with Crippen molar-refractivity contribution in [2.75, 3.05) is 4.90 Å². The summed E-state index contributed by atoms with van der Waals surface area (Å²) in [5.41, 5.74) is 15.0. The van der Waals surface area contributed by atoms with E-state index >= 15 is 0 Å². The van der Waals surface area contributed by atoms with Gasteiger partial charge in [-0.25, -0.2) is 4.90 Å². The molecule has 2 heterocycles. The largest absolute Gasteiger partial charge is 0.308 e. The van der Waals surface area contributed by atoms with Crippen molar-refractivity contribution < 1.29 is 9.59 Å². The molecule has 0 bridgehead atoms. The number of benzene rings is 7. The van der Waals surface area contributed by atoms with Gasteiger partial charge >= 0.3 is 0 Å². The lowest BCUT2D eigenvalue weighted by atomic mass is 9.98. The Morgan fingerprint density at radius 2 is 0.885 bits per heavy atom. The predicted molar refractivity (Wildman–Crippen MR) is 214 cm³/mol. The van der Waals surface area contributed by atoms with Crippen molar-refractivity contribution in [2.24, 2.45) is 0 Å². The minimum Gasteiger partial charge on any atom is -0.308 e. The molecule has 0 saturated heterocycles. The molecule has 0 fully saturated rings. The zero-order valence-electron chi connectivity index (χ0n) is 29.6. The van der Waals surface area contributed by atoms with Crippen molar-refractivity contribution in [1.29, 1.82) is 0 Å². The smallest absolute Gasteiger partial charge is 0.268 e. The van der Waals surface area contributed by atoms with Crippen molar-refractivity contribution in [3.05, 3.63) is 179 Å². The van der Waals surface area contributed by atoms with Gasteiger partial charge in [0.2, 0.25) is 0 Å². The third-order valence-electron chi connectivity index (χ3n) is 10.2. The Bertz CT molecular complexity index is 2620. The molecule has 250 valence electrons. The highest BCUT2D eigenvalue weighted by Crippen LogP contribution is 2.42. The second-order valence-corrected chi connectivity index (χ2v) is 14.1. The van der Waals surface area contributed by atoms with Crippen molar-refractivity contribution in [1.82, 2.24) is 4.57 Å². The van der Waals surface area contributed by atoms with Crippen LogP contribution in [0.2, 0.25) is 0 Å². The SMILES string of the molecule is Cc1cc(C)cc(-c2ccc3c4ccc(-c5cc(C)cc(C)c5)cc4n(-c4cccc5c4C(=O)N(c4ccccc4-c4ccccc4)C5=O)c3c2)c1. The Hall–Kier alpha value is -6.52. The number of para-hydroxylation sites is 1. The Kier molecular flexibility index (Phi) is 7.30. The number of rotatable bonds is 5. The topological polar surface area (TPSA) is 42.3 Å². The first kappa shape index (κ1) is 31.5. The van der Waals surface area contributed by atoms with Crippen LogP contribution in [0, 0.1) is 27.7 Å². The number of carbonyl (C=O) groups excluding carboxylic acids is 2. The third kappa shape index (κ3) is 5.06. The summed E-state index contributed by atoms with van der Waals surface area (Å²) < 4.78 is 2.19. The van der Waals surface area contributed by atoms with Crippen LogP contribution in [0.5, 0.6) is 0 Å². The number of aryl methyl sites for hydroxylation is 4. The van der Waals surface area contributed by atoms with E-state index in [1.807, 2.05) is 66.7 Å². The van der Waals surface area contributed by atoms with Crippen LogP contribution < -0.4 is 4.90 Å². The summed E-state index contributed by atoms with van der Waals surface area (Å²) in [5.74, 6) is -0.650. The summed E-state index contributed by atoms with van der Waals surface area (Å²) in [4.78, 5) is 30.5. The molecule has 52 heavy (non-hydrogen) atoms. The molecule has 7 aromatic carbocycles. The van der Waals surface area contributed by atoms with E-state index in [0.29, 0.717) is 22.5 Å². The molecule has 1 aromatic heterocycles. The van der Waals surface area contributed by atoms with E-state index in [1.54, 1.807) is 6.07 Å². The maximum atomic E-state index is 14.8. The highest BCUT2D eigenvalue weighted by molar-refractivity contribution is 6.36. The molecule has 0 atom stereocenters. The number of imide groups is 1. The zero-order chi connectivity index (χ0) is 35.7. The predicted octanol–water partition coefficient (Wildman–Crippen LogP) is 11.8. The second-order valence-electron chi connectivity index (χ2n) is 14.1. The molecular formula is C48H36N2O2. The molecule has 0 N–H and O–H groups in total. The molecule has 1 aliphatic heterocycles. The maximum Gasteiger partial charge on any atom is 0.268 e. The number of fused-ring (bicyclic) bond motifs is 4. The minimum atomic E-state index is -0.329. The van der Waals surface area contributed by atoms with Gasteiger partial charge in [0.1, 0.15) is 0 Å². The lowest BCUT2D eigenvalue weighted by Crippen LogP contribution is -2.30. The molecule has 2 amide bonds. The average molecular weight is 673 g/mol. The molecule has 1 aliphatic rings. The van der Waals surface area contributed by atoms with Crippen LogP contribution in [0.4, 0.5) is 5.69 Å². The Morgan fingerprint density at radius 1 is 0.385 bits per heavy atom. The first-order chi connectivity index (χ1) is 25.2. The summed E-state index contributed by atoms with van der Waals surface area (Å²) >= 11 is 0. The Morgan fingerprint density at radius 3 is 1.46 bits per heavy atom. The van der Waals surface area contributed by atoms with Crippen LogP contribution >= 0.6 is 0 Å². The van der Waals surface area contributed by atoms with Crippen LogP contribution in [-0.4, -0.2) is 16.4 Å². The van der Waals surface area contributed by atoms with Gasteiger partial charge in [0.25, 0.3) is 11.8 Å². The molecule has 4 heteroatoms. The number of aromatic nitrogens is 1. The van der Waals surface area contributed by atoms with Crippen molar-refractivity contribution in [3.63, 3.8) is 0 Å². The minimum absolute atomic E-state index is 0.321. The molecule has 8 aromatic rings. The molecule has 0 unspecified atom stereocenters. The van der Waals surface area contributed by atoms with Gasteiger partial charge in [-0.1, -0.05) is 138 Å². The van der Waals surface area contributed by atoms with E-state index < -0.39 is 0 Å². The molecular weight excluding hydrogens is 637 g/mol. The number of anilines is 1. The average Bonchev–Trinajstić information content (AvgIpc) is 3.60. The van der Waals surface area contributed by atoms with Crippen LogP contribution in [0.3, 0.4) is 0 Å². The van der Waals surface area contributed by atoms with Crippen molar-refractivity contribution in [3.8, 4) is 39.1 Å². The van der Waals surface area contributed by atoms with Crippen molar-refractivity contribution in [2.45, 2.75) is 27.7 Å². The van der Waals surface area contributed by atoms with Crippen LogP contribution in [0.25, 0.3) is 60.9 Å². The summed E-state index contributed by atoms with van der Waals surface area (Å²) in [6.45, 7) is 8.49. The normalized spacial score (nSPS) is 12.7. The molecule has 0 saturated carbocycles. The molecule has 0 aliphatic carbocycles. The van der Waals surface area contributed by atoms with E-state index in [4.69, 9.17) is 0 Å². The highest BCUT2D eigenvalue weighted by Gasteiger charge is 2.40. The van der Waals surface area contributed by atoms with Crippen molar-refractivity contribution >= 4 is 39.3 Å². The number of hydrogen-bond donors (Lipinski definition) is 0. The number of amides is 2. The first-order valence-corrected chi connectivity index (χ1v) is 17.7. The maximum absolute atomic E-state index is 14.8. The molecule has 0 radical (unpaired) electrons. The van der Waals surface area contributed by atoms with Crippen LogP contribution in [0.15, 0.2) is 146 Å². The number of hydrogen-bond acceptors (Lipinski definition) is 2. The van der Waals surface area contributed by atoms with Gasteiger partial charge in [-0.3, -0.25) is 9.59 Å². The Labute approximate surface area is 303 Å². The van der Waals surface area contributed by atoms with Gasteiger partial charge < -0.3 is 4.57 Å². The summed E-state index contributed by atoms with van der Waals surface area (Å²) in [5, 5.41) is 2.16. The number of carbonyl (C=O) groups is 2. The van der Waals surface area contributed by atoms with Crippen LogP contribution in [0.1, 0.15) is 43.0 Å². The summed E-state index contributed by atoms with van der Waals surface area (Å²) in [7, 11) is 0. The Balaban J connectivity index is 1.30. The standard InChI is InChI=1S/C48H36N2O2/c1-29-21-30(2)24-36(23-29)34-17-19-39-40-20-18-35(37-25-31(3)22-32(4)26-37)28-45(40)49(44(39)27-34)43-16-10-14-41-46(43)48(52)50(47(41)51)42-15-9-8-13-38(42)33-11-6-5-7-12-33/h5-28H,1-4H3. The van der Waals surface area contributed by atoms with Gasteiger partial charge in [-0.05, 0) is 85.8 Å². The number of nitrogens with zero attached hydrogens (tertiary/aromatic N) is 2. The zero-order valence-corrected chi connectivity index (χ0v) is 29.6. The highest BCUT2D eigenvalue weighted by atomic mass is 16.2. The van der Waals surface area contributed by atoms with E-state index in [-0.39, 0.29) is 11.8 Å². The van der Waals surface area contributed by atoms with Gasteiger partial charge in [-0.15, -0.1) is 0 Å². The fourth-order valence-electron chi connectivity index (χ4n) is 8.12. The second kappa shape index (κ2) is 12.1. The van der Waals surface area contributed by atoms with E-state index in [0.717, 1.165) is 55.2 Å². The molecule has 4 nitrogen and oxygen atoms in total. The quantitative estimate of drug-likeness (QED) is 0.171. The third-order valence-corrected chi connectivity index (χ3v) is 10.2. The van der Waals surface area contributed by atoms with Gasteiger partial charge in [-0.2, -0.15) is 0 Å². The van der Waals surface area contributed by atoms with E-state index in [9.17, 15) is 9.59 Å². The van der Waals surface area contributed by atoms with Gasteiger partial charge in [0.15, 0.2) is 0 Å². The van der Waals surface area contributed by atoms with E-state index in [2.05, 4.69) is 105 Å². The monoisotopic (exact) mass is 672 g/mol. The lowest BCUT2D eigenvalue weighted by molar-refractivity contribution is 0.0926. The van der Waals surface area contributed by atoms with Gasteiger partial charge in [0, 0.05) is 16.3 Å². The molecule has 0 spiro atoms. The summed E-state index contributed by atoms with van der Waals surface area (Å²) in [6, 6.07) is 49.6. The van der Waals surface area contributed by atoms with Gasteiger partial charge in [0.05, 0.1) is 33.5 Å². The molecule has 9 rings (SSSR count). The fraction of sp³-hybridized carbons (Fsp3) is 0.0833. The fourth-order valence-corrected chi connectivity index (χ4v) is 8.12. The first-order valence-electron chi connectivity index (χ1n) is 17.7.